The fourth-order valence-electron chi connectivity index (χ4n) is 3.76. The highest BCUT2D eigenvalue weighted by atomic mass is 14.9. The van der Waals surface area contributed by atoms with Gasteiger partial charge in [0.05, 0.1) is 0 Å². The molecule has 2 unspecified atom stereocenters. The van der Waals surface area contributed by atoms with Crippen LogP contribution in [0.3, 0.4) is 0 Å². The summed E-state index contributed by atoms with van der Waals surface area (Å²) in [6.45, 7) is 4.68. The van der Waals surface area contributed by atoms with Crippen LogP contribution in [0.4, 0.5) is 5.69 Å². The Morgan fingerprint density at radius 2 is 2.14 bits per heavy atom. The first-order chi connectivity index (χ1) is 10.2. The van der Waals surface area contributed by atoms with E-state index in [2.05, 4.69) is 48.4 Å². The van der Waals surface area contributed by atoms with Gasteiger partial charge in [-0.05, 0) is 48.6 Å². The molecule has 1 N–H and O–H groups in total. The van der Waals surface area contributed by atoms with E-state index in [1.807, 2.05) is 12.4 Å². The molecule has 0 aliphatic heterocycles. The molecule has 3 rings (SSSR count). The monoisotopic (exact) mass is 282 g/mol. The Morgan fingerprint density at radius 1 is 1.24 bits per heavy atom. The van der Waals surface area contributed by atoms with Crippen molar-refractivity contribution in [1.82, 2.24) is 4.98 Å². The minimum Gasteiger partial charge on any atom is -0.382 e. The summed E-state index contributed by atoms with van der Waals surface area (Å²) in [6, 6.07) is 9.19. The fraction of sp³-hybridized carbons (Fsp3) is 0.526. The van der Waals surface area contributed by atoms with Crippen LogP contribution in [-0.2, 0) is 0 Å². The van der Waals surface area contributed by atoms with Crippen molar-refractivity contribution in [3.8, 4) is 0 Å². The van der Waals surface area contributed by atoms with E-state index in [9.17, 15) is 0 Å². The van der Waals surface area contributed by atoms with Gasteiger partial charge in [-0.1, -0.05) is 38.8 Å². The second-order valence-corrected chi connectivity index (χ2v) is 6.91. The maximum Gasteiger partial charge on any atom is 0.0437 e. The highest BCUT2D eigenvalue weighted by molar-refractivity contribution is 5.93. The minimum atomic E-state index is 0.619. The number of pyridine rings is 1. The van der Waals surface area contributed by atoms with Crippen molar-refractivity contribution in [2.45, 2.75) is 52.0 Å². The number of nitrogens with one attached hydrogen (secondary N) is 1. The summed E-state index contributed by atoms with van der Waals surface area (Å²) in [5.74, 6) is 1.71. The SMILES string of the molecule is CC(C)CC1CCCC(Nc2cccc3ccncc23)C1. The zero-order valence-corrected chi connectivity index (χ0v) is 13.2. The van der Waals surface area contributed by atoms with Crippen LogP contribution in [0, 0.1) is 11.8 Å². The molecule has 2 aromatic rings. The average Bonchev–Trinajstić information content (AvgIpc) is 2.47. The molecule has 112 valence electrons. The van der Waals surface area contributed by atoms with Crippen LogP contribution in [0.25, 0.3) is 10.8 Å². The molecule has 0 amide bonds. The molecule has 1 saturated carbocycles. The van der Waals surface area contributed by atoms with Crippen molar-refractivity contribution in [3.05, 3.63) is 36.7 Å². The summed E-state index contributed by atoms with van der Waals surface area (Å²) >= 11 is 0. The van der Waals surface area contributed by atoms with Crippen molar-refractivity contribution < 1.29 is 0 Å². The average molecular weight is 282 g/mol. The van der Waals surface area contributed by atoms with Gasteiger partial charge in [0.1, 0.15) is 0 Å². The maximum atomic E-state index is 4.28. The topological polar surface area (TPSA) is 24.9 Å². The number of aromatic nitrogens is 1. The van der Waals surface area contributed by atoms with E-state index >= 15 is 0 Å². The first kappa shape index (κ1) is 14.4. The molecule has 0 saturated heterocycles. The molecule has 0 spiro atoms. The van der Waals surface area contributed by atoms with E-state index in [-0.39, 0.29) is 0 Å². The maximum absolute atomic E-state index is 4.28. The summed E-state index contributed by atoms with van der Waals surface area (Å²) in [6.07, 6.45) is 10.6. The summed E-state index contributed by atoms with van der Waals surface area (Å²) < 4.78 is 0. The van der Waals surface area contributed by atoms with E-state index < -0.39 is 0 Å². The lowest BCUT2D eigenvalue weighted by molar-refractivity contribution is 0.289. The van der Waals surface area contributed by atoms with Gasteiger partial charge < -0.3 is 5.32 Å². The summed E-state index contributed by atoms with van der Waals surface area (Å²) in [5.41, 5.74) is 1.25. The highest BCUT2D eigenvalue weighted by Gasteiger charge is 2.22. The standard InChI is InChI=1S/C19H26N2/c1-14(2)11-15-5-3-7-17(12-15)21-19-8-4-6-16-9-10-20-13-18(16)19/h4,6,8-10,13-15,17,21H,3,5,7,11-12H2,1-2H3. The third-order valence-electron chi connectivity index (χ3n) is 4.63. The summed E-state index contributed by atoms with van der Waals surface area (Å²) in [5, 5.41) is 6.30. The Balaban J connectivity index is 1.73. The lowest BCUT2D eigenvalue weighted by Crippen LogP contribution is -2.28. The number of rotatable bonds is 4. The predicted molar refractivity (Wildman–Crippen MR) is 90.6 cm³/mol. The third-order valence-corrected chi connectivity index (χ3v) is 4.63. The fourth-order valence-corrected chi connectivity index (χ4v) is 3.76. The second kappa shape index (κ2) is 6.46. The molecule has 1 aliphatic rings. The normalized spacial score (nSPS) is 22.6. The van der Waals surface area contributed by atoms with Crippen molar-refractivity contribution >= 4 is 16.5 Å². The van der Waals surface area contributed by atoms with Crippen LogP contribution in [0.2, 0.25) is 0 Å². The molecule has 1 aliphatic carbocycles. The van der Waals surface area contributed by atoms with Gasteiger partial charge in [0.25, 0.3) is 0 Å². The third kappa shape index (κ3) is 3.55. The quantitative estimate of drug-likeness (QED) is 0.828. The van der Waals surface area contributed by atoms with Crippen LogP contribution >= 0.6 is 0 Å². The minimum absolute atomic E-state index is 0.619. The van der Waals surface area contributed by atoms with Gasteiger partial charge >= 0.3 is 0 Å². The van der Waals surface area contributed by atoms with Gasteiger partial charge in [-0.25, -0.2) is 0 Å². The van der Waals surface area contributed by atoms with Gasteiger partial charge in [-0.2, -0.15) is 0 Å². The van der Waals surface area contributed by atoms with Crippen LogP contribution in [0.1, 0.15) is 46.0 Å². The van der Waals surface area contributed by atoms with E-state index in [1.165, 1.54) is 48.6 Å². The van der Waals surface area contributed by atoms with Gasteiger partial charge in [-0.3, -0.25) is 4.98 Å². The largest absolute Gasteiger partial charge is 0.382 e. The van der Waals surface area contributed by atoms with Crippen molar-refractivity contribution in [3.63, 3.8) is 0 Å². The van der Waals surface area contributed by atoms with Crippen molar-refractivity contribution in [2.75, 3.05) is 5.32 Å². The molecule has 1 aromatic carbocycles. The highest BCUT2D eigenvalue weighted by Crippen LogP contribution is 2.32. The predicted octanol–water partition coefficient (Wildman–Crippen LogP) is 5.25. The van der Waals surface area contributed by atoms with Crippen molar-refractivity contribution in [1.29, 1.82) is 0 Å². The zero-order chi connectivity index (χ0) is 14.7. The molecule has 2 atom stereocenters. The van der Waals surface area contributed by atoms with Crippen LogP contribution < -0.4 is 5.32 Å². The molecular formula is C19H26N2. The molecule has 2 nitrogen and oxygen atoms in total. The van der Waals surface area contributed by atoms with E-state index in [0.717, 1.165) is 11.8 Å². The molecule has 1 fully saturated rings. The Hall–Kier alpha value is -1.57. The number of benzene rings is 1. The first-order valence-electron chi connectivity index (χ1n) is 8.31. The van der Waals surface area contributed by atoms with E-state index in [1.54, 1.807) is 0 Å². The van der Waals surface area contributed by atoms with Crippen LogP contribution in [0.15, 0.2) is 36.7 Å². The second-order valence-electron chi connectivity index (χ2n) is 6.91. The Morgan fingerprint density at radius 3 is 3.00 bits per heavy atom. The summed E-state index contributed by atoms with van der Waals surface area (Å²) in [7, 11) is 0. The van der Waals surface area contributed by atoms with Gasteiger partial charge in [0.15, 0.2) is 0 Å². The van der Waals surface area contributed by atoms with Gasteiger partial charge in [0.2, 0.25) is 0 Å². The van der Waals surface area contributed by atoms with Crippen LogP contribution in [-0.4, -0.2) is 11.0 Å². The zero-order valence-electron chi connectivity index (χ0n) is 13.2. The molecule has 21 heavy (non-hydrogen) atoms. The Kier molecular flexibility index (Phi) is 4.42. The van der Waals surface area contributed by atoms with Gasteiger partial charge in [-0.15, -0.1) is 0 Å². The number of fused-ring (bicyclic) bond motifs is 1. The molecular weight excluding hydrogens is 256 g/mol. The lowest BCUT2D eigenvalue weighted by atomic mass is 9.81. The number of nitrogens with zero attached hydrogens (tertiary/aromatic N) is 1. The van der Waals surface area contributed by atoms with Crippen molar-refractivity contribution in [2.24, 2.45) is 11.8 Å². The Bertz CT molecular complexity index is 586. The number of anilines is 1. The van der Waals surface area contributed by atoms with E-state index in [4.69, 9.17) is 0 Å². The molecule has 1 heterocycles. The molecule has 1 aromatic heterocycles. The van der Waals surface area contributed by atoms with E-state index in [0.29, 0.717) is 6.04 Å². The number of hydrogen-bond donors (Lipinski definition) is 1. The first-order valence-corrected chi connectivity index (χ1v) is 8.31. The Labute approximate surface area is 128 Å². The molecule has 2 heteroatoms. The lowest BCUT2D eigenvalue weighted by Gasteiger charge is -2.31. The number of hydrogen-bond acceptors (Lipinski definition) is 2. The molecule has 0 bridgehead atoms. The molecule has 0 radical (unpaired) electrons. The smallest absolute Gasteiger partial charge is 0.0437 e. The summed E-state index contributed by atoms with van der Waals surface area (Å²) in [4.78, 5) is 4.28. The van der Waals surface area contributed by atoms with Crippen LogP contribution in [0.5, 0.6) is 0 Å². The van der Waals surface area contributed by atoms with Gasteiger partial charge in [0, 0.05) is 29.5 Å².